The van der Waals surface area contributed by atoms with Gasteiger partial charge in [0.25, 0.3) is 5.91 Å². The molecule has 31 heavy (non-hydrogen) atoms. The topological polar surface area (TPSA) is 93.2 Å². The van der Waals surface area contributed by atoms with Crippen molar-refractivity contribution in [3.05, 3.63) is 88.2 Å². The molecule has 1 N–H and O–H groups in total. The number of aryl methyl sites for hydroxylation is 1. The third kappa shape index (κ3) is 2.91. The van der Waals surface area contributed by atoms with Gasteiger partial charge >= 0.3 is 0 Å². The summed E-state index contributed by atoms with van der Waals surface area (Å²) in [6.07, 6.45) is 6.73. The van der Waals surface area contributed by atoms with Crippen molar-refractivity contribution in [3.63, 3.8) is 0 Å². The van der Waals surface area contributed by atoms with Gasteiger partial charge in [-0.15, -0.1) is 0 Å². The highest BCUT2D eigenvalue weighted by molar-refractivity contribution is 5.95. The monoisotopic (exact) mass is 415 g/mol. The Labute approximate surface area is 178 Å². The van der Waals surface area contributed by atoms with Crippen LogP contribution in [0.4, 0.5) is 0 Å². The number of likely N-dealkylation sites (N-methyl/N-ethyl adjacent to an activating group) is 1. The number of carbonyl (C=O) groups excluding carboxylic acids is 1. The summed E-state index contributed by atoms with van der Waals surface area (Å²) >= 11 is 0. The van der Waals surface area contributed by atoms with E-state index in [0.717, 1.165) is 28.2 Å². The Morgan fingerprint density at radius 2 is 1.87 bits per heavy atom. The van der Waals surface area contributed by atoms with Crippen LogP contribution in [-0.2, 0) is 7.05 Å². The van der Waals surface area contributed by atoms with Gasteiger partial charge in [-0.05, 0) is 17.2 Å². The lowest BCUT2D eigenvalue weighted by Gasteiger charge is -2.37. The van der Waals surface area contributed by atoms with Gasteiger partial charge in [0.15, 0.2) is 11.4 Å². The molecule has 2 atom stereocenters. The highest BCUT2D eigenvalue weighted by Crippen LogP contribution is 2.41. The molecule has 1 aliphatic rings. The average molecular weight is 415 g/mol. The summed E-state index contributed by atoms with van der Waals surface area (Å²) in [6.45, 7) is 0.377. The van der Waals surface area contributed by atoms with Gasteiger partial charge in [-0.25, -0.2) is 0 Å². The van der Waals surface area contributed by atoms with Crippen LogP contribution in [-0.4, -0.2) is 48.8 Å². The van der Waals surface area contributed by atoms with Crippen molar-refractivity contribution in [2.24, 2.45) is 7.05 Å². The maximum Gasteiger partial charge on any atom is 0.275 e. The first kappa shape index (κ1) is 19.0. The highest BCUT2D eigenvalue weighted by atomic mass is 16.3. The summed E-state index contributed by atoms with van der Waals surface area (Å²) in [5, 5.41) is 15.8. The Hall–Kier alpha value is -3.94. The molecular weight excluding hydrogens is 394 g/mol. The molecule has 8 nitrogen and oxygen atoms in total. The number of pyridine rings is 1. The third-order valence-electron chi connectivity index (χ3n) is 6.01. The Balaban J connectivity index is 1.80. The molecule has 8 heteroatoms. The van der Waals surface area contributed by atoms with E-state index in [4.69, 9.17) is 0 Å². The summed E-state index contributed by atoms with van der Waals surface area (Å²) in [5.41, 5.74) is 2.36. The molecule has 4 aromatic rings. The van der Waals surface area contributed by atoms with Crippen LogP contribution < -0.4 is 5.43 Å². The summed E-state index contributed by atoms with van der Waals surface area (Å²) in [7, 11) is 3.64. The van der Waals surface area contributed by atoms with Gasteiger partial charge in [-0.3, -0.25) is 19.3 Å². The minimum atomic E-state index is -0.666. The second kappa shape index (κ2) is 7.09. The number of fused-ring (bicyclic) bond motifs is 2. The predicted molar refractivity (Wildman–Crippen MR) is 115 cm³/mol. The number of carbonyl (C=O) groups is 1. The van der Waals surface area contributed by atoms with E-state index in [9.17, 15) is 14.7 Å². The van der Waals surface area contributed by atoms with Crippen LogP contribution >= 0.6 is 0 Å². The molecule has 1 aliphatic heterocycles. The standard InChI is InChI=1S/C23H21N5O3/c1-26-12-16(15-8-9-24-10-17(15)26)20(14-6-4-3-5-7-14)18-13-27(2)23(31)21-22(30)19(29)11-25-28(18)21/h3-12,18,20,30H,13H2,1-2H3/t18-,20-/m1/s1. The second-order valence-electron chi connectivity index (χ2n) is 7.88. The van der Waals surface area contributed by atoms with Gasteiger partial charge in [-0.2, -0.15) is 5.10 Å². The number of aromatic hydroxyl groups is 1. The number of hydrogen-bond acceptors (Lipinski definition) is 5. The van der Waals surface area contributed by atoms with Crippen LogP contribution in [0.5, 0.6) is 5.75 Å². The number of amides is 1. The Bertz CT molecular complexity index is 1360. The summed E-state index contributed by atoms with van der Waals surface area (Å²) < 4.78 is 3.54. The molecule has 1 aromatic carbocycles. The third-order valence-corrected chi connectivity index (χ3v) is 6.01. The fraction of sp³-hybridized carbons (Fsp3) is 0.217. The molecule has 156 valence electrons. The van der Waals surface area contributed by atoms with Crippen molar-refractivity contribution in [1.29, 1.82) is 0 Å². The van der Waals surface area contributed by atoms with E-state index >= 15 is 0 Å². The number of nitrogens with zero attached hydrogens (tertiary/aromatic N) is 5. The van der Waals surface area contributed by atoms with Gasteiger partial charge < -0.3 is 14.6 Å². The summed E-state index contributed by atoms with van der Waals surface area (Å²) in [6, 6.07) is 11.7. The molecule has 0 saturated carbocycles. The first-order chi connectivity index (χ1) is 15.0. The fourth-order valence-corrected chi connectivity index (χ4v) is 4.55. The minimum Gasteiger partial charge on any atom is -0.502 e. The van der Waals surface area contributed by atoms with E-state index in [1.807, 2.05) is 54.2 Å². The molecule has 1 amide bonds. The van der Waals surface area contributed by atoms with Crippen LogP contribution in [0.1, 0.15) is 33.6 Å². The van der Waals surface area contributed by atoms with Crippen molar-refractivity contribution in [3.8, 4) is 5.75 Å². The Morgan fingerprint density at radius 1 is 1.10 bits per heavy atom. The van der Waals surface area contributed by atoms with Crippen LogP contribution in [0.15, 0.2) is 66.0 Å². The maximum atomic E-state index is 12.8. The van der Waals surface area contributed by atoms with Crippen molar-refractivity contribution in [2.45, 2.75) is 12.0 Å². The molecular formula is C23H21N5O3. The highest BCUT2D eigenvalue weighted by Gasteiger charge is 2.39. The van der Waals surface area contributed by atoms with E-state index in [1.165, 1.54) is 9.58 Å². The number of hydrogen-bond donors (Lipinski definition) is 1. The first-order valence-electron chi connectivity index (χ1n) is 9.97. The zero-order valence-electron chi connectivity index (χ0n) is 17.1. The van der Waals surface area contributed by atoms with E-state index in [0.29, 0.717) is 6.54 Å². The lowest BCUT2D eigenvalue weighted by Crippen LogP contribution is -2.45. The zero-order valence-corrected chi connectivity index (χ0v) is 17.1. The van der Waals surface area contributed by atoms with Gasteiger partial charge in [-0.1, -0.05) is 30.3 Å². The molecule has 5 rings (SSSR count). The molecule has 3 aromatic heterocycles. The van der Waals surface area contributed by atoms with Crippen molar-refractivity contribution >= 4 is 16.8 Å². The van der Waals surface area contributed by atoms with Crippen LogP contribution in [0.2, 0.25) is 0 Å². The van der Waals surface area contributed by atoms with Crippen LogP contribution in [0.25, 0.3) is 10.9 Å². The minimum absolute atomic E-state index is 0.0749. The fourth-order valence-electron chi connectivity index (χ4n) is 4.55. The molecule has 0 aliphatic carbocycles. The van der Waals surface area contributed by atoms with Gasteiger partial charge in [0.05, 0.1) is 24.0 Å². The van der Waals surface area contributed by atoms with Crippen molar-refractivity contribution in [2.75, 3.05) is 13.6 Å². The molecule has 0 radical (unpaired) electrons. The first-order valence-corrected chi connectivity index (χ1v) is 9.97. The van der Waals surface area contributed by atoms with Crippen molar-refractivity contribution < 1.29 is 9.90 Å². The molecule has 4 heterocycles. The van der Waals surface area contributed by atoms with E-state index in [-0.39, 0.29) is 17.7 Å². The Morgan fingerprint density at radius 3 is 2.65 bits per heavy atom. The molecule has 0 bridgehead atoms. The molecule has 0 saturated heterocycles. The molecule has 0 fully saturated rings. The normalized spacial score (nSPS) is 17.0. The summed E-state index contributed by atoms with van der Waals surface area (Å²) in [4.78, 5) is 30.6. The van der Waals surface area contributed by atoms with Gasteiger partial charge in [0, 0.05) is 44.3 Å². The largest absolute Gasteiger partial charge is 0.502 e. The van der Waals surface area contributed by atoms with Crippen LogP contribution in [0, 0.1) is 0 Å². The zero-order chi connectivity index (χ0) is 21.7. The Kier molecular flexibility index (Phi) is 4.35. The van der Waals surface area contributed by atoms with Crippen molar-refractivity contribution in [1.82, 2.24) is 24.2 Å². The van der Waals surface area contributed by atoms with Gasteiger partial charge in [0.2, 0.25) is 5.43 Å². The molecule has 0 unspecified atom stereocenters. The quantitative estimate of drug-likeness (QED) is 0.554. The van der Waals surface area contributed by atoms with E-state index in [1.54, 1.807) is 13.2 Å². The van der Waals surface area contributed by atoms with E-state index < -0.39 is 17.1 Å². The van der Waals surface area contributed by atoms with Crippen LogP contribution in [0.3, 0.4) is 0 Å². The molecule has 0 spiro atoms. The van der Waals surface area contributed by atoms with Gasteiger partial charge in [0.1, 0.15) is 0 Å². The second-order valence-corrected chi connectivity index (χ2v) is 7.88. The number of aromatic nitrogens is 4. The number of benzene rings is 1. The lowest BCUT2D eigenvalue weighted by atomic mass is 9.83. The average Bonchev–Trinajstić information content (AvgIpc) is 3.11. The SMILES string of the molecule is CN1C[C@H]([C@H](c2ccccc2)c2cn(C)c3cnccc23)n2ncc(=O)c(O)c2C1=O. The summed E-state index contributed by atoms with van der Waals surface area (Å²) in [5.74, 6) is -1.17. The smallest absolute Gasteiger partial charge is 0.275 e. The predicted octanol–water partition coefficient (Wildman–Crippen LogP) is 2.29. The maximum absolute atomic E-state index is 12.8. The lowest BCUT2D eigenvalue weighted by molar-refractivity contribution is 0.0686. The van der Waals surface area contributed by atoms with E-state index in [2.05, 4.69) is 16.3 Å². The number of rotatable bonds is 3.